The molecule has 10 heteroatoms. The molecule has 0 aromatic heterocycles. The van der Waals surface area contributed by atoms with E-state index < -0.39 is 35.8 Å². The zero-order chi connectivity index (χ0) is 30.7. The Kier molecular flexibility index (Phi) is 8.94. The molecular weight excluding hydrogens is 570 g/mol. The van der Waals surface area contributed by atoms with Crippen molar-refractivity contribution in [3.05, 3.63) is 94.0 Å². The molecule has 1 unspecified atom stereocenters. The Labute approximate surface area is 256 Å². The van der Waals surface area contributed by atoms with Crippen LogP contribution in [0.15, 0.2) is 66.7 Å². The van der Waals surface area contributed by atoms with E-state index in [9.17, 15) is 19.5 Å². The van der Waals surface area contributed by atoms with Gasteiger partial charge in [-0.15, -0.1) is 0 Å². The van der Waals surface area contributed by atoms with Crippen LogP contribution in [0.2, 0.25) is 5.02 Å². The maximum Gasteiger partial charge on any atom is 0.408 e. The number of alkyl carbamates (subject to hydrolysis) is 1. The molecule has 226 valence electrons. The number of carbonyl (C=O) groups is 3. The lowest BCUT2D eigenvalue weighted by Crippen LogP contribution is -2.60. The molecule has 0 saturated carbocycles. The zero-order valence-electron chi connectivity index (χ0n) is 24.4. The van der Waals surface area contributed by atoms with Crippen molar-refractivity contribution in [2.24, 2.45) is 0 Å². The number of nitrogens with zero attached hydrogens (tertiary/aromatic N) is 1. The fraction of sp³-hybridized carbons (Fsp3) is 0.364. The first-order valence-electron chi connectivity index (χ1n) is 14.3. The monoisotopic (exact) mass is 605 g/mol. The predicted octanol–water partition coefficient (Wildman–Crippen LogP) is 5.93. The topological polar surface area (TPSA) is 117 Å². The molecule has 1 aliphatic heterocycles. The maximum absolute atomic E-state index is 13.8. The van der Waals surface area contributed by atoms with Crippen LogP contribution in [0.4, 0.5) is 9.59 Å². The summed E-state index contributed by atoms with van der Waals surface area (Å²) in [5.74, 6) is -0.502. The van der Waals surface area contributed by atoms with Crippen LogP contribution < -0.4 is 10.6 Å². The number of hydrogen-bond acceptors (Lipinski definition) is 5. The van der Waals surface area contributed by atoms with E-state index in [1.54, 1.807) is 39.0 Å². The fourth-order valence-corrected chi connectivity index (χ4v) is 6.10. The molecule has 5 rings (SSSR count). The van der Waals surface area contributed by atoms with Gasteiger partial charge < -0.3 is 25.2 Å². The summed E-state index contributed by atoms with van der Waals surface area (Å²) in [6, 6.07) is 20.5. The van der Waals surface area contributed by atoms with Crippen molar-refractivity contribution in [2.45, 2.75) is 63.9 Å². The van der Waals surface area contributed by atoms with Crippen molar-refractivity contribution in [1.29, 1.82) is 0 Å². The molecule has 9 nitrogen and oxygen atoms in total. The number of carbonyl (C=O) groups excluding carboxylic acids is 2. The molecule has 0 bridgehead atoms. The number of hydrogen-bond donors (Lipinski definition) is 3. The average Bonchev–Trinajstić information content (AvgIpc) is 3.28. The molecule has 43 heavy (non-hydrogen) atoms. The standard InChI is InChI=1S/C33H36ClN3O6/c1-33(2,3)43-31(39)36-18-20-12-13-22(34)16-21(20)19-35-30(38)29-28(42-15-14-37(29)32(40)41)17-27-25-10-6-4-8-23(25)24-9-5-7-11-26(24)27/h4-13,16,27-29H,14-15,17-19H2,1-3H3,(H,35,38)(H,36,39)(H,40,41)/t28-,29?/m0/s1. The molecule has 3 N–H and O–H groups in total. The fourth-order valence-electron chi connectivity index (χ4n) is 5.90. The van der Waals surface area contributed by atoms with Crippen molar-refractivity contribution >= 4 is 29.7 Å². The normalized spacial score (nSPS) is 18.0. The molecule has 3 aromatic carbocycles. The van der Waals surface area contributed by atoms with Gasteiger partial charge in [0.25, 0.3) is 0 Å². The number of rotatable bonds is 7. The number of benzene rings is 3. The Balaban J connectivity index is 1.34. The number of fused-ring (bicyclic) bond motifs is 3. The number of halogens is 1. The summed E-state index contributed by atoms with van der Waals surface area (Å²) >= 11 is 6.27. The van der Waals surface area contributed by atoms with Gasteiger partial charge in [0.2, 0.25) is 5.91 Å². The lowest BCUT2D eigenvalue weighted by Gasteiger charge is -2.39. The highest BCUT2D eigenvalue weighted by atomic mass is 35.5. The molecule has 3 aromatic rings. The lowest BCUT2D eigenvalue weighted by molar-refractivity contribution is -0.138. The molecule has 2 atom stereocenters. The average molecular weight is 606 g/mol. The molecule has 2 aliphatic rings. The van der Waals surface area contributed by atoms with Crippen LogP contribution in [0.25, 0.3) is 11.1 Å². The van der Waals surface area contributed by atoms with E-state index in [0.717, 1.165) is 27.8 Å². The highest BCUT2D eigenvalue weighted by molar-refractivity contribution is 6.30. The van der Waals surface area contributed by atoms with Gasteiger partial charge in [-0.05, 0) is 72.7 Å². The van der Waals surface area contributed by atoms with E-state index in [4.69, 9.17) is 21.1 Å². The first kappa shape index (κ1) is 30.4. The number of morpholine rings is 1. The molecule has 1 fully saturated rings. The number of amides is 3. The minimum absolute atomic E-state index is 0.0418. The lowest BCUT2D eigenvalue weighted by atomic mass is 9.87. The summed E-state index contributed by atoms with van der Waals surface area (Å²) in [6.45, 7) is 5.87. The number of carboxylic acid groups (broad SMARTS) is 1. The Bertz CT molecular complexity index is 1470. The highest BCUT2D eigenvalue weighted by Crippen LogP contribution is 2.47. The highest BCUT2D eigenvalue weighted by Gasteiger charge is 2.43. The van der Waals surface area contributed by atoms with Crippen LogP contribution >= 0.6 is 11.6 Å². The Morgan fingerprint density at radius 3 is 2.21 bits per heavy atom. The van der Waals surface area contributed by atoms with E-state index in [1.807, 2.05) is 24.3 Å². The van der Waals surface area contributed by atoms with Gasteiger partial charge in [0.15, 0.2) is 0 Å². The third kappa shape index (κ3) is 6.95. The maximum atomic E-state index is 13.8. The van der Waals surface area contributed by atoms with Crippen LogP contribution in [0.1, 0.15) is 55.4 Å². The van der Waals surface area contributed by atoms with Gasteiger partial charge in [-0.1, -0.05) is 66.2 Å². The van der Waals surface area contributed by atoms with Crippen molar-refractivity contribution in [3.63, 3.8) is 0 Å². The van der Waals surface area contributed by atoms with Crippen molar-refractivity contribution in [1.82, 2.24) is 15.5 Å². The molecule has 1 saturated heterocycles. The second kappa shape index (κ2) is 12.7. The van der Waals surface area contributed by atoms with Crippen molar-refractivity contribution in [3.8, 4) is 11.1 Å². The zero-order valence-corrected chi connectivity index (χ0v) is 25.2. The SMILES string of the molecule is CC(C)(C)OC(=O)NCc1ccc(Cl)cc1CNC(=O)C1[C@H](CC2c3ccccc3-c3ccccc32)OCCN1C(=O)O. The van der Waals surface area contributed by atoms with Crippen LogP contribution in [0.5, 0.6) is 0 Å². The summed E-state index contributed by atoms with van der Waals surface area (Å²) < 4.78 is 11.5. The minimum atomic E-state index is -1.18. The summed E-state index contributed by atoms with van der Waals surface area (Å²) in [6.07, 6.45) is -1.96. The van der Waals surface area contributed by atoms with E-state index >= 15 is 0 Å². The third-order valence-electron chi connectivity index (χ3n) is 7.74. The molecule has 0 spiro atoms. The Hall–Kier alpha value is -4.08. The van der Waals surface area contributed by atoms with Gasteiger partial charge >= 0.3 is 12.2 Å². The van der Waals surface area contributed by atoms with Gasteiger partial charge in [-0.3, -0.25) is 9.69 Å². The van der Waals surface area contributed by atoms with Gasteiger partial charge in [0, 0.05) is 30.6 Å². The van der Waals surface area contributed by atoms with Gasteiger partial charge in [0.05, 0.1) is 12.7 Å². The predicted molar refractivity (Wildman–Crippen MR) is 163 cm³/mol. The Morgan fingerprint density at radius 2 is 1.58 bits per heavy atom. The first-order chi connectivity index (χ1) is 20.5. The summed E-state index contributed by atoms with van der Waals surface area (Å²) in [7, 11) is 0. The van der Waals surface area contributed by atoms with Gasteiger partial charge in [-0.2, -0.15) is 0 Å². The van der Waals surface area contributed by atoms with Crippen LogP contribution in [0.3, 0.4) is 0 Å². The largest absolute Gasteiger partial charge is 0.465 e. The van der Waals surface area contributed by atoms with Gasteiger partial charge in [0.1, 0.15) is 11.6 Å². The van der Waals surface area contributed by atoms with Crippen LogP contribution in [-0.2, 0) is 27.4 Å². The van der Waals surface area contributed by atoms with E-state index in [0.29, 0.717) is 17.0 Å². The quantitative estimate of drug-likeness (QED) is 0.307. The van der Waals surface area contributed by atoms with Crippen LogP contribution in [-0.4, -0.2) is 59.0 Å². The third-order valence-corrected chi connectivity index (χ3v) is 7.98. The first-order valence-corrected chi connectivity index (χ1v) is 14.7. The van der Waals surface area contributed by atoms with E-state index in [2.05, 4.69) is 34.9 Å². The van der Waals surface area contributed by atoms with E-state index in [1.165, 1.54) is 4.90 Å². The summed E-state index contributed by atoms with van der Waals surface area (Å²) in [4.78, 5) is 39.4. The summed E-state index contributed by atoms with van der Waals surface area (Å²) in [5, 5.41) is 16.2. The molecule has 3 amide bonds. The number of ether oxygens (including phenoxy) is 2. The second-order valence-corrected chi connectivity index (χ2v) is 12.2. The molecule has 0 radical (unpaired) electrons. The second-order valence-electron chi connectivity index (χ2n) is 11.8. The van der Waals surface area contributed by atoms with Crippen molar-refractivity contribution < 1.29 is 29.0 Å². The number of nitrogens with one attached hydrogen (secondary N) is 2. The minimum Gasteiger partial charge on any atom is -0.465 e. The molecule has 1 heterocycles. The summed E-state index contributed by atoms with van der Waals surface area (Å²) in [5.41, 5.74) is 5.34. The van der Waals surface area contributed by atoms with Gasteiger partial charge in [-0.25, -0.2) is 9.59 Å². The molecular formula is C33H36ClN3O6. The van der Waals surface area contributed by atoms with E-state index in [-0.39, 0.29) is 32.2 Å². The molecule has 1 aliphatic carbocycles. The Morgan fingerprint density at radius 1 is 0.953 bits per heavy atom. The van der Waals surface area contributed by atoms with Crippen LogP contribution in [0, 0.1) is 0 Å². The van der Waals surface area contributed by atoms with Crippen molar-refractivity contribution in [2.75, 3.05) is 13.2 Å². The smallest absolute Gasteiger partial charge is 0.408 e.